The van der Waals surface area contributed by atoms with Crippen LogP contribution in [0, 0.1) is 0 Å². The lowest BCUT2D eigenvalue weighted by Crippen LogP contribution is -2.52. The fourth-order valence-electron chi connectivity index (χ4n) is 3.81. The van der Waals surface area contributed by atoms with Crippen molar-refractivity contribution in [2.45, 2.75) is 19.4 Å². The van der Waals surface area contributed by atoms with Crippen LogP contribution in [0.15, 0.2) is 30.3 Å². The third-order valence-corrected chi connectivity index (χ3v) is 5.63. The molecule has 11 nitrogen and oxygen atoms in total. The molecule has 180 valence electrons. The van der Waals surface area contributed by atoms with Gasteiger partial charge in [0.25, 0.3) is 5.91 Å². The van der Waals surface area contributed by atoms with Crippen LogP contribution in [0.2, 0.25) is 0 Å². The number of esters is 1. The molecule has 1 N–H and O–H groups in total. The highest BCUT2D eigenvalue weighted by molar-refractivity contribution is 5.98. The number of pyridine rings is 1. The molecule has 1 unspecified atom stereocenters. The van der Waals surface area contributed by atoms with E-state index in [9.17, 15) is 19.2 Å². The summed E-state index contributed by atoms with van der Waals surface area (Å²) in [5.74, 6) is -0.896. The Kier molecular flexibility index (Phi) is 7.09. The molecule has 0 aliphatic carbocycles. The number of aromatic nitrogens is 1. The molecule has 0 radical (unpaired) electrons. The molecule has 3 heterocycles. The molecule has 2 aliphatic heterocycles. The molecule has 3 amide bonds. The predicted octanol–water partition coefficient (Wildman–Crippen LogP) is 0.960. The Morgan fingerprint density at radius 3 is 2.59 bits per heavy atom. The zero-order valence-corrected chi connectivity index (χ0v) is 18.8. The second kappa shape index (κ2) is 10.4. The lowest BCUT2D eigenvalue weighted by molar-refractivity contribution is -0.143. The third-order valence-electron chi connectivity index (χ3n) is 5.63. The van der Waals surface area contributed by atoms with Crippen molar-refractivity contribution in [1.82, 2.24) is 20.1 Å². The average Bonchev–Trinajstić information content (AvgIpc) is 3.26. The second-order valence-corrected chi connectivity index (χ2v) is 7.83. The van der Waals surface area contributed by atoms with Gasteiger partial charge in [0.1, 0.15) is 11.4 Å². The highest BCUT2D eigenvalue weighted by Gasteiger charge is 2.30. The highest BCUT2D eigenvalue weighted by Crippen LogP contribution is 2.28. The maximum absolute atomic E-state index is 12.8. The summed E-state index contributed by atoms with van der Waals surface area (Å²) in [7, 11) is 0. The molecule has 2 saturated heterocycles. The standard InChI is InChI=1S/C23H26N4O7/c1-2-32-23(31)27-10-8-26(9-11-27)20(28)14-24-21(29)17-13-19(34-18-7-12-33-22(18)30)15-5-3-4-6-16(15)25-17/h3-6,13,18H,2,7-12,14H2,1H3,(H,24,29). The van der Waals surface area contributed by atoms with E-state index in [0.717, 1.165) is 0 Å². The maximum atomic E-state index is 12.8. The molecule has 0 spiro atoms. The fraction of sp³-hybridized carbons (Fsp3) is 0.435. The molecule has 1 atom stereocenters. The molecule has 34 heavy (non-hydrogen) atoms. The van der Waals surface area contributed by atoms with Gasteiger partial charge in [0.05, 0.1) is 25.3 Å². The van der Waals surface area contributed by atoms with Crippen LogP contribution >= 0.6 is 0 Å². The van der Waals surface area contributed by atoms with E-state index in [1.165, 1.54) is 6.07 Å². The summed E-state index contributed by atoms with van der Waals surface area (Å²) < 4.78 is 15.8. The topological polar surface area (TPSA) is 127 Å². The Balaban J connectivity index is 1.39. The Morgan fingerprint density at radius 1 is 1.15 bits per heavy atom. The molecule has 2 fully saturated rings. The van der Waals surface area contributed by atoms with Crippen molar-refractivity contribution < 1.29 is 33.4 Å². The molecule has 1 aromatic carbocycles. The van der Waals surface area contributed by atoms with Crippen LogP contribution in [0.4, 0.5) is 4.79 Å². The summed E-state index contributed by atoms with van der Waals surface area (Å²) in [6.45, 7) is 3.57. The summed E-state index contributed by atoms with van der Waals surface area (Å²) >= 11 is 0. The fourth-order valence-corrected chi connectivity index (χ4v) is 3.81. The van der Waals surface area contributed by atoms with Crippen molar-refractivity contribution in [3.63, 3.8) is 0 Å². The molecule has 4 rings (SSSR count). The van der Waals surface area contributed by atoms with Gasteiger partial charge >= 0.3 is 12.1 Å². The van der Waals surface area contributed by atoms with E-state index in [-0.39, 0.29) is 24.8 Å². The minimum absolute atomic E-state index is 0.0694. The van der Waals surface area contributed by atoms with E-state index >= 15 is 0 Å². The van der Waals surface area contributed by atoms with Crippen molar-refractivity contribution >= 4 is 34.8 Å². The van der Waals surface area contributed by atoms with Gasteiger partial charge in [-0.05, 0) is 19.1 Å². The minimum atomic E-state index is -0.739. The van der Waals surface area contributed by atoms with Crippen LogP contribution in [-0.2, 0) is 19.1 Å². The van der Waals surface area contributed by atoms with Crippen molar-refractivity contribution in [3.8, 4) is 5.75 Å². The normalized spacial score (nSPS) is 17.9. The van der Waals surface area contributed by atoms with Gasteiger partial charge in [0, 0.05) is 44.1 Å². The van der Waals surface area contributed by atoms with Crippen molar-refractivity contribution in [3.05, 3.63) is 36.0 Å². The quantitative estimate of drug-likeness (QED) is 0.619. The van der Waals surface area contributed by atoms with Crippen molar-refractivity contribution in [2.75, 3.05) is 45.9 Å². The zero-order chi connectivity index (χ0) is 24.1. The molecule has 0 bridgehead atoms. The summed E-state index contributed by atoms with van der Waals surface area (Å²) in [6.07, 6.45) is -0.708. The van der Waals surface area contributed by atoms with Crippen LogP contribution in [-0.4, -0.2) is 90.7 Å². The van der Waals surface area contributed by atoms with Gasteiger partial charge in [-0.25, -0.2) is 14.6 Å². The molecule has 0 saturated carbocycles. The Bertz CT molecular complexity index is 1100. The highest BCUT2D eigenvalue weighted by atomic mass is 16.6. The number of nitrogens with zero attached hydrogens (tertiary/aromatic N) is 3. The van der Waals surface area contributed by atoms with E-state index < -0.39 is 24.1 Å². The largest absolute Gasteiger partial charge is 0.478 e. The van der Waals surface area contributed by atoms with Crippen LogP contribution in [0.3, 0.4) is 0 Å². The summed E-state index contributed by atoms with van der Waals surface area (Å²) in [5, 5.41) is 3.26. The predicted molar refractivity (Wildman–Crippen MR) is 119 cm³/mol. The summed E-state index contributed by atoms with van der Waals surface area (Å²) in [5.41, 5.74) is 0.595. The number of hydrogen-bond donors (Lipinski definition) is 1. The van der Waals surface area contributed by atoms with E-state index in [4.69, 9.17) is 14.2 Å². The molecular weight excluding hydrogens is 444 g/mol. The minimum Gasteiger partial charge on any atom is -0.478 e. The number of piperazine rings is 1. The Hall–Kier alpha value is -3.89. The number of benzene rings is 1. The first-order valence-corrected chi connectivity index (χ1v) is 11.2. The molecule has 2 aromatic rings. The van der Waals surface area contributed by atoms with Crippen molar-refractivity contribution in [2.24, 2.45) is 0 Å². The molecular formula is C23H26N4O7. The SMILES string of the molecule is CCOC(=O)N1CCN(C(=O)CNC(=O)c2cc(OC3CCOC3=O)c3ccccc3n2)CC1. The van der Waals surface area contributed by atoms with Crippen LogP contribution < -0.4 is 10.1 Å². The second-order valence-electron chi connectivity index (χ2n) is 7.83. The number of rotatable bonds is 6. The van der Waals surface area contributed by atoms with E-state index in [0.29, 0.717) is 55.9 Å². The van der Waals surface area contributed by atoms with Gasteiger partial charge in [-0.15, -0.1) is 0 Å². The van der Waals surface area contributed by atoms with Crippen LogP contribution in [0.1, 0.15) is 23.8 Å². The van der Waals surface area contributed by atoms with Crippen LogP contribution in [0.5, 0.6) is 5.75 Å². The number of cyclic esters (lactones) is 1. The van der Waals surface area contributed by atoms with Gasteiger partial charge in [0.15, 0.2) is 6.10 Å². The number of amides is 3. The van der Waals surface area contributed by atoms with E-state index in [1.807, 2.05) is 6.07 Å². The van der Waals surface area contributed by atoms with Crippen LogP contribution in [0.25, 0.3) is 10.9 Å². The van der Waals surface area contributed by atoms with E-state index in [2.05, 4.69) is 10.3 Å². The number of fused-ring (bicyclic) bond motifs is 1. The molecule has 1 aromatic heterocycles. The smallest absolute Gasteiger partial charge is 0.409 e. The Morgan fingerprint density at radius 2 is 1.88 bits per heavy atom. The summed E-state index contributed by atoms with van der Waals surface area (Å²) in [6, 6.07) is 8.58. The van der Waals surface area contributed by atoms with Gasteiger partial charge < -0.3 is 29.3 Å². The van der Waals surface area contributed by atoms with Gasteiger partial charge in [-0.1, -0.05) is 12.1 Å². The first-order chi connectivity index (χ1) is 16.5. The van der Waals surface area contributed by atoms with E-state index in [1.54, 1.807) is 34.9 Å². The van der Waals surface area contributed by atoms with Crippen molar-refractivity contribution in [1.29, 1.82) is 0 Å². The maximum Gasteiger partial charge on any atom is 0.409 e. The monoisotopic (exact) mass is 470 g/mol. The van der Waals surface area contributed by atoms with Gasteiger partial charge in [0.2, 0.25) is 5.91 Å². The van der Waals surface area contributed by atoms with Gasteiger partial charge in [-0.2, -0.15) is 0 Å². The number of hydrogen-bond acceptors (Lipinski definition) is 8. The number of carbonyl (C=O) groups is 4. The lowest BCUT2D eigenvalue weighted by atomic mass is 10.1. The number of ether oxygens (including phenoxy) is 3. The average molecular weight is 470 g/mol. The molecule has 2 aliphatic rings. The third kappa shape index (κ3) is 5.19. The number of nitrogens with one attached hydrogen (secondary N) is 1. The number of para-hydroxylation sites is 1. The zero-order valence-electron chi connectivity index (χ0n) is 18.8. The lowest BCUT2D eigenvalue weighted by Gasteiger charge is -2.34. The first-order valence-electron chi connectivity index (χ1n) is 11.2. The number of carbonyl (C=O) groups excluding carboxylic acids is 4. The Labute approximate surface area is 195 Å². The molecule has 11 heteroatoms. The van der Waals surface area contributed by atoms with Gasteiger partial charge in [-0.3, -0.25) is 9.59 Å². The summed E-state index contributed by atoms with van der Waals surface area (Å²) in [4.78, 5) is 56.5. The first kappa shape index (κ1) is 23.3.